The van der Waals surface area contributed by atoms with Crippen LogP contribution in [0.15, 0.2) is 35.5 Å². The molecule has 6 nitrogen and oxygen atoms in total. The van der Waals surface area contributed by atoms with Gasteiger partial charge >= 0.3 is 5.97 Å². The van der Waals surface area contributed by atoms with E-state index in [1.807, 2.05) is 56.9 Å². The molecule has 2 N–H and O–H groups in total. The third-order valence-electron chi connectivity index (χ3n) is 5.96. The number of ether oxygens (including phenoxy) is 1. The number of carbonyl (C=O) groups excluding carboxylic acids is 2. The van der Waals surface area contributed by atoms with Crippen molar-refractivity contribution in [3.63, 3.8) is 0 Å². The maximum atomic E-state index is 13.0. The highest BCUT2D eigenvalue weighted by Gasteiger charge is 2.34. The van der Waals surface area contributed by atoms with E-state index >= 15 is 0 Å². The number of amides is 1. The SMILES string of the molecule is CCCC[C@@H](CC)C(=O)Nc1ccc([C@H]2NC(=S)N(CC)C(C)=C2C(=O)OCC(C)C)cc1. The molecule has 0 unspecified atom stereocenters. The lowest BCUT2D eigenvalue weighted by Gasteiger charge is -2.37. The molecule has 7 heteroatoms. The van der Waals surface area contributed by atoms with Gasteiger partial charge in [-0.25, -0.2) is 4.79 Å². The largest absolute Gasteiger partial charge is 0.462 e. The van der Waals surface area contributed by atoms with Crippen molar-refractivity contribution < 1.29 is 14.3 Å². The van der Waals surface area contributed by atoms with Crippen molar-refractivity contribution in [1.29, 1.82) is 0 Å². The van der Waals surface area contributed by atoms with Gasteiger partial charge in [0.05, 0.1) is 18.2 Å². The van der Waals surface area contributed by atoms with E-state index in [0.717, 1.165) is 42.6 Å². The molecular formula is C26H39N3O3S. The van der Waals surface area contributed by atoms with Crippen molar-refractivity contribution in [3.05, 3.63) is 41.1 Å². The van der Waals surface area contributed by atoms with Crippen molar-refractivity contribution >= 4 is 34.9 Å². The highest BCUT2D eigenvalue weighted by molar-refractivity contribution is 7.80. The van der Waals surface area contributed by atoms with Crippen molar-refractivity contribution in [3.8, 4) is 0 Å². The summed E-state index contributed by atoms with van der Waals surface area (Å²) < 4.78 is 5.58. The Labute approximate surface area is 204 Å². The number of hydrogen-bond acceptors (Lipinski definition) is 4. The Morgan fingerprint density at radius 1 is 1.18 bits per heavy atom. The molecule has 1 heterocycles. The van der Waals surface area contributed by atoms with Gasteiger partial charge in [-0.15, -0.1) is 0 Å². The highest BCUT2D eigenvalue weighted by atomic mass is 32.1. The number of benzene rings is 1. The number of nitrogens with one attached hydrogen (secondary N) is 2. The average molecular weight is 474 g/mol. The Hall–Kier alpha value is -2.41. The van der Waals surface area contributed by atoms with E-state index in [1.165, 1.54) is 0 Å². The van der Waals surface area contributed by atoms with E-state index in [1.54, 1.807) is 0 Å². The molecule has 2 rings (SSSR count). The zero-order valence-corrected chi connectivity index (χ0v) is 21.7. The molecule has 1 amide bonds. The Balaban J connectivity index is 2.25. The number of allylic oxidation sites excluding steroid dienone is 1. The van der Waals surface area contributed by atoms with E-state index in [2.05, 4.69) is 24.5 Å². The van der Waals surface area contributed by atoms with Gasteiger partial charge in [-0.1, -0.05) is 52.7 Å². The lowest BCUT2D eigenvalue weighted by molar-refractivity contribution is -0.140. The average Bonchev–Trinajstić information content (AvgIpc) is 2.78. The summed E-state index contributed by atoms with van der Waals surface area (Å²) in [6.07, 6.45) is 3.86. The van der Waals surface area contributed by atoms with Crippen molar-refractivity contribution in [2.45, 2.75) is 73.3 Å². The van der Waals surface area contributed by atoms with Gasteiger partial charge in [-0.05, 0) is 62.5 Å². The minimum absolute atomic E-state index is 0.0231. The summed E-state index contributed by atoms with van der Waals surface area (Å²) >= 11 is 5.56. The van der Waals surface area contributed by atoms with Crippen molar-refractivity contribution in [1.82, 2.24) is 10.2 Å². The molecule has 1 aromatic carbocycles. The van der Waals surface area contributed by atoms with Crippen LogP contribution < -0.4 is 10.6 Å². The topological polar surface area (TPSA) is 70.7 Å². The second-order valence-electron chi connectivity index (χ2n) is 8.98. The summed E-state index contributed by atoms with van der Waals surface area (Å²) in [6.45, 7) is 13.1. The van der Waals surface area contributed by atoms with Gasteiger partial charge in [0.2, 0.25) is 5.91 Å². The lowest BCUT2D eigenvalue weighted by Crippen LogP contribution is -2.47. The summed E-state index contributed by atoms with van der Waals surface area (Å²) in [5.74, 6) is -0.00276. The number of carbonyl (C=O) groups is 2. The summed E-state index contributed by atoms with van der Waals surface area (Å²) in [4.78, 5) is 27.6. The molecule has 1 aliphatic rings. The van der Waals surface area contributed by atoms with Gasteiger partial charge in [0.1, 0.15) is 0 Å². The fraction of sp³-hybridized carbons (Fsp3) is 0.577. The summed E-state index contributed by atoms with van der Waals surface area (Å²) in [6, 6.07) is 7.20. The van der Waals surface area contributed by atoms with Crippen LogP contribution in [0.1, 0.15) is 78.8 Å². The first-order valence-electron chi connectivity index (χ1n) is 12.1. The van der Waals surface area contributed by atoms with Crippen LogP contribution in [0, 0.1) is 11.8 Å². The van der Waals surface area contributed by atoms with E-state index in [9.17, 15) is 9.59 Å². The first-order valence-corrected chi connectivity index (χ1v) is 12.5. The molecule has 0 fully saturated rings. The Morgan fingerprint density at radius 3 is 2.39 bits per heavy atom. The molecule has 0 saturated heterocycles. The van der Waals surface area contributed by atoms with Gasteiger partial charge in [0.15, 0.2) is 5.11 Å². The molecule has 0 aliphatic carbocycles. The van der Waals surface area contributed by atoms with E-state index in [-0.39, 0.29) is 23.7 Å². The fourth-order valence-electron chi connectivity index (χ4n) is 3.97. The van der Waals surface area contributed by atoms with Gasteiger partial charge < -0.3 is 20.3 Å². The molecule has 0 saturated carbocycles. The highest BCUT2D eigenvalue weighted by Crippen LogP contribution is 2.32. The molecule has 2 atom stereocenters. The Kier molecular flexibility index (Phi) is 10.4. The van der Waals surface area contributed by atoms with Crippen LogP contribution in [0.25, 0.3) is 0 Å². The zero-order valence-electron chi connectivity index (χ0n) is 20.9. The minimum Gasteiger partial charge on any atom is -0.462 e. The molecular weight excluding hydrogens is 434 g/mol. The summed E-state index contributed by atoms with van der Waals surface area (Å²) in [7, 11) is 0. The van der Waals surface area contributed by atoms with Crippen LogP contribution >= 0.6 is 12.2 Å². The molecule has 0 radical (unpaired) electrons. The maximum absolute atomic E-state index is 13.0. The number of anilines is 1. The third kappa shape index (κ3) is 7.03. The quantitative estimate of drug-likeness (QED) is 0.324. The van der Waals surface area contributed by atoms with Crippen LogP contribution in [0.3, 0.4) is 0 Å². The summed E-state index contributed by atoms with van der Waals surface area (Å²) in [5, 5.41) is 6.92. The number of nitrogens with zero attached hydrogens (tertiary/aromatic N) is 1. The first-order chi connectivity index (χ1) is 15.7. The van der Waals surface area contributed by atoms with Gasteiger partial charge in [-0.3, -0.25) is 4.79 Å². The minimum atomic E-state index is -0.405. The maximum Gasteiger partial charge on any atom is 0.338 e. The van der Waals surface area contributed by atoms with Crippen LogP contribution in [-0.4, -0.2) is 35.0 Å². The van der Waals surface area contributed by atoms with Gasteiger partial charge in [-0.2, -0.15) is 0 Å². The van der Waals surface area contributed by atoms with E-state index in [4.69, 9.17) is 17.0 Å². The van der Waals surface area contributed by atoms with Gasteiger partial charge in [0, 0.05) is 23.8 Å². The molecule has 0 aromatic heterocycles. The molecule has 33 heavy (non-hydrogen) atoms. The number of unbranched alkanes of at least 4 members (excludes halogenated alkanes) is 1. The van der Waals surface area contributed by atoms with Crippen LogP contribution in [0.5, 0.6) is 0 Å². The standard InChI is InChI=1S/C26H39N3O3S/c1-7-10-11-19(8-2)24(30)27-21-14-12-20(13-15-21)23-22(25(31)32-16-17(4)5)18(6)29(9-3)26(33)28-23/h12-15,17,19,23H,7-11,16H2,1-6H3,(H,27,30)(H,28,33)/t19-,23-/m1/s1. The van der Waals surface area contributed by atoms with E-state index < -0.39 is 6.04 Å². The lowest BCUT2D eigenvalue weighted by atomic mass is 9.94. The Bertz CT molecular complexity index is 864. The molecule has 1 aromatic rings. The number of hydrogen-bond donors (Lipinski definition) is 2. The van der Waals surface area contributed by atoms with Crippen LogP contribution in [-0.2, 0) is 14.3 Å². The molecule has 1 aliphatic heterocycles. The van der Waals surface area contributed by atoms with Crippen molar-refractivity contribution in [2.24, 2.45) is 11.8 Å². The first kappa shape index (κ1) is 26.8. The molecule has 0 spiro atoms. The monoisotopic (exact) mass is 473 g/mol. The number of esters is 1. The normalized spacial score (nSPS) is 17.1. The predicted octanol–water partition coefficient (Wildman–Crippen LogP) is 5.57. The second kappa shape index (κ2) is 12.7. The van der Waals surface area contributed by atoms with Crippen molar-refractivity contribution in [2.75, 3.05) is 18.5 Å². The molecule has 182 valence electrons. The number of rotatable bonds is 11. The summed E-state index contributed by atoms with van der Waals surface area (Å²) in [5.41, 5.74) is 3.00. The van der Waals surface area contributed by atoms with Gasteiger partial charge in [0.25, 0.3) is 0 Å². The van der Waals surface area contributed by atoms with E-state index in [0.29, 0.717) is 23.8 Å². The smallest absolute Gasteiger partial charge is 0.338 e. The predicted molar refractivity (Wildman–Crippen MR) is 138 cm³/mol. The zero-order chi connectivity index (χ0) is 24.5. The van der Waals surface area contributed by atoms with Crippen LogP contribution in [0.4, 0.5) is 5.69 Å². The molecule has 0 bridgehead atoms. The number of thiocarbonyl (C=S) groups is 1. The second-order valence-corrected chi connectivity index (χ2v) is 9.36. The Morgan fingerprint density at radius 2 is 1.85 bits per heavy atom. The van der Waals surface area contributed by atoms with Crippen LogP contribution in [0.2, 0.25) is 0 Å². The third-order valence-corrected chi connectivity index (χ3v) is 6.30. The fourth-order valence-corrected chi connectivity index (χ4v) is 4.35.